The van der Waals surface area contributed by atoms with Gasteiger partial charge in [-0.15, -0.1) is 0 Å². The molecular weight excluding hydrogens is 252 g/mol. The number of rotatable bonds is 4. The third kappa shape index (κ3) is 3.37. The topological polar surface area (TPSA) is 64.4 Å². The summed E-state index contributed by atoms with van der Waals surface area (Å²) in [5.41, 5.74) is 6.46. The molecule has 0 aromatic heterocycles. The van der Waals surface area contributed by atoms with Crippen LogP contribution in [0.25, 0.3) is 0 Å². The number of halogens is 1. The second kappa shape index (κ2) is 6.07. The highest BCUT2D eigenvalue weighted by Crippen LogP contribution is 2.21. The van der Waals surface area contributed by atoms with Gasteiger partial charge in [0, 0.05) is 18.8 Å². The van der Waals surface area contributed by atoms with Crippen molar-refractivity contribution in [2.75, 3.05) is 25.1 Å². The van der Waals surface area contributed by atoms with E-state index < -0.39 is 5.91 Å². The summed E-state index contributed by atoms with van der Waals surface area (Å²) in [4.78, 5) is 11.2. The van der Waals surface area contributed by atoms with Crippen LogP contribution in [-0.2, 0) is 4.74 Å². The minimum atomic E-state index is -0.510. The predicted molar refractivity (Wildman–Crippen MR) is 72.0 cm³/mol. The van der Waals surface area contributed by atoms with E-state index in [-0.39, 0.29) is 0 Å². The van der Waals surface area contributed by atoms with Crippen molar-refractivity contribution >= 4 is 23.2 Å². The summed E-state index contributed by atoms with van der Waals surface area (Å²) in [7, 11) is 0. The lowest BCUT2D eigenvalue weighted by atomic mass is 10.0. The maximum atomic E-state index is 11.2. The quantitative estimate of drug-likeness (QED) is 0.881. The van der Waals surface area contributed by atoms with Gasteiger partial charge in [-0.1, -0.05) is 11.6 Å². The number of carbonyl (C=O) groups excluding carboxylic acids is 1. The highest BCUT2D eigenvalue weighted by Gasteiger charge is 2.14. The first-order valence-electron chi connectivity index (χ1n) is 6.08. The molecule has 0 aliphatic carbocycles. The third-order valence-corrected chi connectivity index (χ3v) is 3.41. The fourth-order valence-corrected chi connectivity index (χ4v) is 2.27. The monoisotopic (exact) mass is 268 g/mol. The van der Waals surface area contributed by atoms with Crippen molar-refractivity contribution in [1.29, 1.82) is 0 Å². The van der Waals surface area contributed by atoms with Crippen molar-refractivity contribution in [2.45, 2.75) is 12.8 Å². The second-order valence-electron chi connectivity index (χ2n) is 4.52. The van der Waals surface area contributed by atoms with Gasteiger partial charge in [-0.2, -0.15) is 0 Å². The Balaban J connectivity index is 1.96. The number of carbonyl (C=O) groups is 1. The highest BCUT2D eigenvalue weighted by atomic mass is 35.5. The number of benzene rings is 1. The number of amides is 1. The molecule has 0 saturated carbocycles. The number of ether oxygens (including phenoxy) is 1. The van der Waals surface area contributed by atoms with Gasteiger partial charge in [0.1, 0.15) is 0 Å². The van der Waals surface area contributed by atoms with Gasteiger partial charge in [-0.25, -0.2) is 0 Å². The zero-order valence-electron chi connectivity index (χ0n) is 10.1. The third-order valence-electron chi connectivity index (χ3n) is 3.08. The van der Waals surface area contributed by atoms with Crippen LogP contribution in [0.4, 0.5) is 5.69 Å². The molecule has 2 rings (SSSR count). The van der Waals surface area contributed by atoms with E-state index in [4.69, 9.17) is 22.1 Å². The van der Waals surface area contributed by atoms with Crippen LogP contribution in [0.5, 0.6) is 0 Å². The molecule has 1 saturated heterocycles. The molecule has 0 bridgehead atoms. The Morgan fingerprint density at radius 1 is 1.56 bits per heavy atom. The number of nitrogens with two attached hydrogens (primary N) is 1. The molecule has 5 heteroatoms. The molecule has 1 aliphatic heterocycles. The van der Waals surface area contributed by atoms with Crippen LogP contribution in [0.1, 0.15) is 23.2 Å². The fraction of sp³-hybridized carbons (Fsp3) is 0.462. The second-order valence-corrected chi connectivity index (χ2v) is 4.93. The molecule has 4 nitrogen and oxygen atoms in total. The fourth-order valence-electron chi connectivity index (χ4n) is 2.05. The van der Waals surface area contributed by atoms with Gasteiger partial charge in [0.2, 0.25) is 5.91 Å². The first-order chi connectivity index (χ1) is 8.66. The lowest BCUT2D eigenvalue weighted by Gasteiger charge is -2.22. The normalized spacial score (nSPS) is 19.5. The van der Waals surface area contributed by atoms with Crippen molar-refractivity contribution in [3.05, 3.63) is 28.8 Å². The summed E-state index contributed by atoms with van der Waals surface area (Å²) in [6.45, 7) is 2.49. The van der Waals surface area contributed by atoms with Gasteiger partial charge >= 0.3 is 0 Å². The van der Waals surface area contributed by atoms with E-state index in [2.05, 4.69) is 5.32 Å². The van der Waals surface area contributed by atoms with Crippen LogP contribution < -0.4 is 11.1 Å². The van der Waals surface area contributed by atoms with Crippen molar-refractivity contribution in [3.63, 3.8) is 0 Å². The summed E-state index contributed by atoms with van der Waals surface area (Å²) in [6, 6.07) is 5.22. The molecule has 18 heavy (non-hydrogen) atoms. The SMILES string of the molecule is NC(=O)c1cc(NC[C@H]2CCCOC2)ccc1Cl. The molecule has 0 radical (unpaired) electrons. The van der Waals surface area contributed by atoms with E-state index in [1.807, 2.05) is 6.07 Å². The van der Waals surface area contributed by atoms with Crippen LogP contribution in [0.3, 0.4) is 0 Å². The highest BCUT2D eigenvalue weighted by molar-refractivity contribution is 6.33. The summed E-state index contributed by atoms with van der Waals surface area (Å²) in [5, 5.41) is 3.67. The van der Waals surface area contributed by atoms with Gasteiger partial charge in [0.15, 0.2) is 0 Å². The number of nitrogens with one attached hydrogen (secondary N) is 1. The summed E-state index contributed by atoms with van der Waals surface area (Å²) >= 11 is 5.89. The first kappa shape index (κ1) is 13.2. The van der Waals surface area contributed by atoms with Gasteiger partial charge in [0.05, 0.1) is 17.2 Å². The standard InChI is InChI=1S/C13H17ClN2O2/c14-12-4-3-10(6-11(12)13(15)17)16-7-9-2-1-5-18-8-9/h3-4,6,9,16H,1-2,5,7-8H2,(H2,15,17)/t9-/m1/s1. The molecule has 1 amide bonds. The minimum Gasteiger partial charge on any atom is -0.385 e. The molecule has 1 fully saturated rings. The molecule has 1 heterocycles. The Labute approximate surface area is 111 Å². The molecule has 3 N–H and O–H groups in total. The first-order valence-corrected chi connectivity index (χ1v) is 6.45. The largest absolute Gasteiger partial charge is 0.385 e. The number of hydrogen-bond acceptors (Lipinski definition) is 3. The van der Waals surface area contributed by atoms with Crippen molar-refractivity contribution in [1.82, 2.24) is 0 Å². The maximum absolute atomic E-state index is 11.2. The van der Waals surface area contributed by atoms with Gasteiger partial charge in [-0.05, 0) is 37.0 Å². The average Bonchev–Trinajstić information content (AvgIpc) is 2.38. The Hall–Kier alpha value is -1.26. The number of primary amides is 1. The van der Waals surface area contributed by atoms with Crippen LogP contribution >= 0.6 is 11.6 Å². The Kier molecular flexibility index (Phi) is 4.44. The smallest absolute Gasteiger partial charge is 0.250 e. The van der Waals surface area contributed by atoms with E-state index in [0.717, 1.165) is 31.9 Å². The van der Waals surface area contributed by atoms with E-state index in [1.165, 1.54) is 6.42 Å². The lowest BCUT2D eigenvalue weighted by Crippen LogP contribution is -2.24. The molecule has 0 spiro atoms. The van der Waals surface area contributed by atoms with E-state index in [9.17, 15) is 4.79 Å². The van der Waals surface area contributed by atoms with Gasteiger partial charge < -0.3 is 15.8 Å². The van der Waals surface area contributed by atoms with Crippen molar-refractivity contribution in [2.24, 2.45) is 11.7 Å². The van der Waals surface area contributed by atoms with Gasteiger partial charge in [-0.3, -0.25) is 4.79 Å². The van der Waals surface area contributed by atoms with Crippen LogP contribution in [0.2, 0.25) is 5.02 Å². The van der Waals surface area contributed by atoms with E-state index in [0.29, 0.717) is 16.5 Å². The van der Waals surface area contributed by atoms with Crippen LogP contribution in [0.15, 0.2) is 18.2 Å². The Morgan fingerprint density at radius 3 is 3.06 bits per heavy atom. The van der Waals surface area contributed by atoms with E-state index >= 15 is 0 Å². The van der Waals surface area contributed by atoms with Gasteiger partial charge in [0.25, 0.3) is 0 Å². The van der Waals surface area contributed by atoms with E-state index in [1.54, 1.807) is 12.1 Å². The number of hydrogen-bond donors (Lipinski definition) is 2. The maximum Gasteiger partial charge on any atom is 0.250 e. The zero-order chi connectivity index (χ0) is 13.0. The molecule has 1 aromatic carbocycles. The molecular formula is C13H17ClN2O2. The predicted octanol–water partition coefficient (Wildman–Crippen LogP) is 2.28. The average molecular weight is 269 g/mol. The molecule has 0 unspecified atom stereocenters. The Bertz CT molecular complexity index is 431. The zero-order valence-corrected chi connectivity index (χ0v) is 10.9. The molecule has 1 aromatic rings. The molecule has 1 aliphatic rings. The molecule has 1 atom stereocenters. The number of anilines is 1. The lowest BCUT2D eigenvalue weighted by molar-refractivity contribution is 0.0595. The summed E-state index contributed by atoms with van der Waals surface area (Å²) in [5.74, 6) is 0.0103. The van der Waals surface area contributed by atoms with Crippen LogP contribution in [0, 0.1) is 5.92 Å². The van der Waals surface area contributed by atoms with Crippen LogP contribution in [-0.4, -0.2) is 25.7 Å². The van der Waals surface area contributed by atoms with Crippen molar-refractivity contribution < 1.29 is 9.53 Å². The Morgan fingerprint density at radius 2 is 2.39 bits per heavy atom. The minimum absolute atomic E-state index is 0.349. The summed E-state index contributed by atoms with van der Waals surface area (Å²) < 4.78 is 5.42. The summed E-state index contributed by atoms with van der Waals surface area (Å²) in [6.07, 6.45) is 2.28. The molecule has 98 valence electrons. The van der Waals surface area contributed by atoms with Crippen molar-refractivity contribution in [3.8, 4) is 0 Å².